The summed E-state index contributed by atoms with van der Waals surface area (Å²) in [6.07, 6.45) is 1.04. The van der Waals surface area contributed by atoms with Crippen LogP contribution in [-0.4, -0.2) is 12.0 Å². The molecule has 0 aliphatic rings. The normalized spacial score (nSPS) is 13.9. The van der Waals surface area contributed by atoms with Crippen LogP contribution in [0.15, 0.2) is 20.9 Å². The van der Waals surface area contributed by atoms with Gasteiger partial charge in [-0.1, -0.05) is 6.92 Å². The fourth-order valence-corrected chi connectivity index (χ4v) is 2.41. The average molecular weight is 290 g/mol. The lowest BCUT2D eigenvalue weighted by atomic mass is 10.3. The quantitative estimate of drug-likeness (QED) is 0.661. The van der Waals surface area contributed by atoms with E-state index in [1.54, 1.807) is 11.3 Å². The van der Waals surface area contributed by atoms with Crippen molar-refractivity contribution in [3.63, 3.8) is 0 Å². The molecule has 15 heavy (non-hydrogen) atoms. The number of rotatable bonds is 4. The SMILES string of the molecule is CCC(C)NC(N)=NCc1ccc(Br)s1. The molecule has 5 heteroatoms. The molecule has 1 unspecified atom stereocenters. The Bertz CT molecular complexity index is 335. The lowest BCUT2D eigenvalue weighted by Gasteiger charge is -2.11. The van der Waals surface area contributed by atoms with Crippen molar-refractivity contribution in [3.05, 3.63) is 20.8 Å². The topological polar surface area (TPSA) is 50.4 Å². The number of guanidine groups is 1. The maximum atomic E-state index is 5.74. The first-order chi connectivity index (χ1) is 7.11. The Hall–Kier alpha value is -0.550. The van der Waals surface area contributed by atoms with Crippen LogP contribution < -0.4 is 11.1 Å². The standard InChI is InChI=1S/C10H16BrN3S/c1-3-7(2)14-10(12)13-6-8-4-5-9(11)15-8/h4-5,7H,3,6H2,1-2H3,(H3,12,13,14). The van der Waals surface area contributed by atoms with Crippen LogP contribution in [0.3, 0.4) is 0 Å². The average Bonchev–Trinajstić information content (AvgIpc) is 2.61. The van der Waals surface area contributed by atoms with Crippen LogP contribution >= 0.6 is 27.3 Å². The van der Waals surface area contributed by atoms with Gasteiger partial charge in [0.25, 0.3) is 0 Å². The van der Waals surface area contributed by atoms with Crippen LogP contribution in [0.2, 0.25) is 0 Å². The number of aliphatic imine (C=N–C) groups is 1. The van der Waals surface area contributed by atoms with Crippen LogP contribution in [0.4, 0.5) is 0 Å². The van der Waals surface area contributed by atoms with E-state index in [1.807, 2.05) is 6.07 Å². The molecule has 1 aromatic heterocycles. The number of halogens is 1. The summed E-state index contributed by atoms with van der Waals surface area (Å²) in [5.74, 6) is 0.522. The first-order valence-corrected chi connectivity index (χ1v) is 6.53. The summed E-state index contributed by atoms with van der Waals surface area (Å²) in [6, 6.07) is 4.45. The van der Waals surface area contributed by atoms with Crippen molar-refractivity contribution >= 4 is 33.2 Å². The minimum Gasteiger partial charge on any atom is -0.370 e. The molecule has 0 bridgehead atoms. The third-order valence-corrected chi connectivity index (χ3v) is 3.65. The zero-order chi connectivity index (χ0) is 11.3. The molecule has 1 atom stereocenters. The molecule has 0 fully saturated rings. The highest BCUT2D eigenvalue weighted by Gasteiger charge is 2.00. The van der Waals surface area contributed by atoms with Crippen LogP contribution in [0, 0.1) is 0 Å². The molecule has 3 nitrogen and oxygen atoms in total. The smallest absolute Gasteiger partial charge is 0.189 e. The first kappa shape index (κ1) is 12.5. The maximum absolute atomic E-state index is 5.74. The predicted octanol–water partition coefficient (Wildman–Crippen LogP) is 2.71. The highest BCUT2D eigenvalue weighted by atomic mass is 79.9. The number of hydrogen-bond donors (Lipinski definition) is 2. The summed E-state index contributed by atoms with van der Waals surface area (Å²) in [5.41, 5.74) is 5.74. The van der Waals surface area contributed by atoms with Crippen molar-refractivity contribution in [3.8, 4) is 0 Å². The zero-order valence-electron chi connectivity index (χ0n) is 8.96. The molecule has 0 saturated heterocycles. The molecule has 0 aliphatic heterocycles. The molecule has 0 radical (unpaired) electrons. The Balaban J connectivity index is 2.43. The van der Waals surface area contributed by atoms with Gasteiger partial charge in [0.05, 0.1) is 10.3 Å². The van der Waals surface area contributed by atoms with Crippen molar-refractivity contribution in [2.45, 2.75) is 32.9 Å². The first-order valence-electron chi connectivity index (χ1n) is 4.92. The van der Waals surface area contributed by atoms with E-state index in [2.05, 4.69) is 46.2 Å². The van der Waals surface area contributed by atoms with Gasteiger partial charge in [-0.05, 0) is 41.4 Å². The summed E-state index contributed by atoms with van der Waals surface area (Å²) in [4.78, 5) is 5.47. The van der Waals surface area contributed by atoms with Gasteiger partial charge in [-0.15, -0.1) is 11.3 Å². The molecular weight excluding hydrogens is 274 g/mol. The van der Waals surface area contributed by atoms with E-state index in [9.17, 15) is 0 Å². The van der Waals surface area contributed by atoms with Gasteiger partial charge in [0, 0.05) is 10.9 Å². The van der Waals surface area contributed by atoms with Crippen LogP contribution in [-0.2, 0) is 6.54 Å². The van der Waals surface area contributed by atoms with Crippen molar-refractivity contribution in [2.24, 2.45) is 10.7 Å². The highest BCUT2D eigenvalue weighted by molar-refractivity contribution is 9.11. The maximum Gasteiger partial charge on any atom is 0.189 e. The number of hydrogen-bond acceptors (Lipinski definition) is 2. The second-order valence-corrected chi connectivity index (χ2v) is 5.91. The lowest BCUT2D eigenvalue weighted by molar-refractivity contribution is 0.636. The second-order valence-electron chi connectivity index (χ2n) is 3.36. The van der Waals surface area contributed by atoms with E-state index in [0.29, 0.717) is 18.5 Å². The molecule has 0 aromatic carbocycles. The molecule has 0 amide bonds. The molecule has 0 aliphatic carbocycles. The number of thiophene rings is 1. The van der Waals surface area contributed by atoms with Crippen molar-refractivity contribution in [2.75, 3.05) is 0 Å². The van der Waals surface area contributed by atoms with Gasteiger partial charge in [0.15, 0.2) is 5.96 Å². The number of nitrogens with one attached hydrogen (secondary N) is 1. The number of nitrogens with zero attached hydrogens (tertiary/aromatic N) is 1. The minimum absolute atomic E-state index is 0.379. The molecular formula is C10H16BrN3S. The molecule has 1 rings (SSSR count). The van der Waals surface area contributed by atoms with Gasteiger partial charge in [-0.2, -0.15) is 0 Å². The van der Waals surface area contributed by atoms with Gasteiger partial charge in [0.2, 0.25) is 0 Å². The van der Waals surface area contributed by atoms with E-state index in [0.717, 1.165) is 10.2 Å². The molecule has 1 aromatic rings. The van der Waals surface area contributed by atoms with Crippen LogP contribution in [0.25, 0.3) is 0 Å². The third kappa shape index (κ3) is 4.66. The fourth-order valence-electron chi connectivity index (χ4n) is 1.000. The van der Waals surface area contributed by atoms with Gasteiger partial charge >= 0.3 is 0 Å². The summed E-state index contributed by atoms with van der Waals surface area (Å²) >= 11 is 5.09. The second kappa shape index (κ2) is 6.12. The Labute approximate surface area is 103 Å². The summed E-state index contributed by atoms with van der Waals surface area (Å²) in [6.45, 7) is 4.84. The summed E-state index contributed by atoms with van der Waals surface area (Å²) in [7, 11) is 0. The Morgan fingerprint density at radius 2 is 2.40 bits per heavy atom. The highest BCUT2D eigenvalue weighted by Crippen LogP contribution is 2.22. The molecule has 0 saturated carbocycles. The third-order valence-electron chi connectivity index (χ3n) is 2.04. The number of nitrogens with two attached hydrogens (primary N) is 1. The van der Waals surface area contributed by atoms with Gasteiger partial charge < -0.3 is 11.1 Å². The van der Waals surface area contributed by atoms with Gasteiger partial charge in [-0.3, -0.25) is 0 Å². The molecule has 0 spiro atoms. The Morgan fingerprint density at radius 3 is 2.93 bits per heavy atom. The van der Waals surface area contributed by atoms with E-state index < -0.39 is 0 Å². The molecule has 84 valence electrons. The zero-order valence-corrected chi connectivity index (χ0v) is 11.4. The fraction of sp³-hybridized carbons (Fsp3) is 0.500. The molecule has 1 heterocycles. The lowest BCUT2D eigenvalue weighted by Crippen LogP contribution is -2.37. The predicted molar refractivity (Wildman–Crippen MR) is 70.2 cm³/mol. The van der Waals surface area contributed by atoms with E-state index in [-0.39, 0.29) is 0 Å². The van der Waals surface area contributed by atoms with E-state index >= 15 is 0 Å². The summed E-state index contributed by atoms with van der Waals surface area (Å²) < 4.78 is 1.13. The minimum atomic E-state index is 0.379. The van der Waals surface area contributed by atoms with Crippen molar-refractivity contribution < 1.29 is 0 Å². The van der Waals surface area contributed by atoms with Gasteiger partial charge in [-0.25, -0.2) is 4.99 Å². The largest absolute Gasteiger partial charge is 0.370 e. The molecule has 3 N–H and O–H groups in total. The van der Waals surface area contributed by atoms with E-state index in [1.165, 1.54) is 4.88 Å². The van der Waals surface area contributed by atoms with Crippen LogP contribution in [0.1, 0.15) is 25.1 Å². The van der Waals surface area contributed by atoms with Crippen molar-refractivity contribution in [1.82, 2.24) is 5.32 Å². The monoisotopic (exact) mass is 289 g/mol. The van der Waals surface area contributed by atoms with Gasteiger partial charge in [0.1, 0.15) is 0 Å². The summed E-state index contributed by atoms with van der Waals surface area (Å²) in [5, 5.41) is 3.13. The van der Waals surface area contributed by atoms with Crippen LogP contribution in [0.5, 0.6) is 0 Å². The Kier molecular flexibility index (Phi) is 5.11. The van der Waals surface area contributed by atoms with Crippen molar-refractivity contribution in [1.29, 1.82) is 0 Å². The van der Waals surface area contributed by atoms with E-state index in [4.69, 9.17) is 5.73 Å². The Morgan fingerprint density at radius 1 is 1.67 bits per heavy atom.